The van der Waals surface area contributed by atoms with Crippen LogP contribution in [0.15, 0.2) is 0 Å². The Hall–Kier alpha value is -0.610. The normalized spacial score (nSPS) is 15.4. The monoisotopic (exact) mass is 244 g/mol. The van der Waals surface area contributed by atoms with Crippen molar-refractivity contribution in [3.63, 3.8) is 0 Å². The Morgan fingerprint density at radius 2 is 2.06 bits per heavy atom. The van der Waals surface area contributed by atoms with Crippen molar-refractivity contribution < 1.29 is 9.90 Å². The number of aliphatic hydroxyl groups excluding tert-OH is 1. The Bertz CT molecular complexity index is 229. The van der Waals surface area contributed by atoms with Crippen molar-refractivity contribution in [2.45, 2.75) is 53.0 Å². The molecule has 0 rings (SSSR count). The van der Waals surface area contributed by atoms with E-state index in [0.29, 0.717) is 6.54 Å². The first-order chi connectivity index (χ1) is 7.84. The predicted molar refractivity (Wildman–Crippen MR) is 70.5 cm³/mol. The number of hydrogen-bond acceptors (Lipinski definition) is 3. The number of rotatable bonds is 8. The van der Waals surface area contributed by atoms with Gasteiger partial charge in [-0.05, 0) is 24.2 Å². The van der Waals surface area contributed by atoms with Crippen molar-refractivity contribution in [1.82, 2.24) is 5.32 Å². The van der Waals surface area contributed by atoms with Gasteiger partial charge >= 0.3 is 0 Å². The zero-order chi connectivity index (χ0) is 13.5. The molecular weight excluding hydrogens is 216 g/mol. The smallest absolute Gasteiger partial charge is 0.237 e. The third kappa shape index (κ3) is 6.64. The highest BCUT2D eigenvalue weighted by Crippen LogP contribution is 2.20. The Morgan fingerprint density at radius 3 is 2.53 bits per heavy atom. The van der Waals surface area contributed by atoms with E-state index in [1.807, 2.05) is 13.8 Å². The van der Waals surface area contributed by atoms with Crippen LogP contribution in [0, 0.1) is 11.3 Å². The second-order valence-electron chi connectivity index (χ2n) is 5.62. The molecule has 4 N–H and O–H groups in total. The Balaban J connectivity index is 4.05. The molecule has 0 aromatic rings. The molecule has 0 fully saturated rings. The molecule has 1 amide bonds. The molecule has 0 bridgehead atoms. The summed E-state index contributed by atoms with van der Waals surface area (Å²) in [7, 11) is 0. The first-order valence-electron chi connectivity index (χ1n) is 6.48. The van der Waals surface area contributed by atoms with E-state index in [1.54, 1.807) is 0 Å². The van der Waals surface area contributed by atoms with Crippen LogP contribution in [0.3, 0.4) is 0 Å². The van der Waals surface area contributed by atoms with Gasteiger partial charge in [0.1, 0.15) is 0 Å². The molecule has 0 aliphatic rings. The van der Waals surface area contributed by atoms with E-state index in [0.717, 1.165) is 19.3 Å². The van der Waals surface area contributed by atoms with Crippen molar-refractivity contribution in [3.05, 3.63) is 0 Å². The minimum atomic E-state index is -0.423. The first kappa shape index (κ1) is 16.4. The van der Waals surface area contributed by atoms with Crippen LogP contribution in [0.1, 0.15) is 47.0 Å². The van der Waals surface area contributed by atoms with Gasteiger partial charge in [-0.3, -0.25) is 4.79 Å². The molecule has 0 saturated carbocycles. The zero-order valence-corrected chi connectivity index (χ0v) is 11.6. The van der Waals surface area contributed by atoms with Crippen LogP contribution in [0.2, 0.25) is 0 Å². The fraction of sp³-hybridized carbons (Fsp3) is 0.923. The van der Waals surface area contributed by atoms with E-state index in [-0.39, 0.29) is 23.8 Å². The number of aliphatic hydroxyl groups is 1. The summed E-state index contributed by atoms with van der Waals surface area (Å²) in [5.41, 5.74) is 5.86. The molecule has 4 heteroatoms. The van der Waals surface area contributed by atoms with E-state index in [9.17, 15) is 4.79 Å². The maximum absolute atomic E-state index is 11.8. The second kappa shape index (κ2) is 7.67. The molecule has 0 radical (unpaired) electrons. The van der Waals surface area contributed by atoms with Crippen molar-refractivity contribution in [2.75, 3.05) is 13.2 Å². The van der Waals surface area contributed by atoms with Crippen LogP contribution in [0.25, 0.3) is 0 Å². The summed E-state index contributed by atoms with van der Waals surface area (Å²) >= 11 is 0. The van der Waals surface area contributed by atoms with Crippen molar-refractivity contribution in [3.8, 4) is 0 Å². The number of nitrogens with two attached hydrogens (primary N) is 1. The van der Waals surface area contributed by atoms with Gasteiger partial charge < -0.3 is 16.2 Å². The lowest BCUT2D eigenvalue weighted by Crippen LogP contribution is -2.47. The lowest BCUT2D eigenvalue weighted by Gasteiger charge is -2.26. The molecule has 0 aliphatic heterocycles. The maximum atomic E-state index is 11.8. The minimum Gasteiger partial charge on any atom is -0.396 e. The van der Waals surface area contributed by atoms with E-state index in [1.165, 1.54) is 0 Å². The molecule has 0 unspecified atom stereocenters. The van der Waals surface area contributed by atoms with E-state index in [2.05, 4.69) is 19.2 Å². The predicted octanol–water partition coefficient (Wildman–Crippen LogP) is 1.27. The molecule has 2 atom stereocenters. The number of carbonyl (C=O) groups is 1. The van der Waals surface area contributed by atoms with Gasteiger partial charge in [0.25, 0.3) is 0 Å². The zero-order valence-electron chi connectivity index (χ0n) is 11.6. The van der Waals surface area contributed by atoms with E-state index in [4.69, 9.17) is 10.8 Å². The van der Waals surface area contributed by atoms with Crippen molar-refractivity contribution in [1.29, 1.82) is 0 Å². The lowest BCUT2D eigenvalue weighted by molar-refractivity contribution is -0.123. The van der Waals surface area contributed by atoms with Gasteiger partial charge in [0.2, 0.25) is 5.91 Å². The summed E-state index contributed by atoms with van der Waals surface area (Å²) in [6, 6.07) is -0.423. The molecule has 0 aromatic carbocycles. The molecule has 0 aromatic heterocycles. The van der Waals surface area contributed by atoms with Gasteiger partial charge in [-0.2, -0.15) is 0 Å². The molecule has 0 aliphatic carbocycles. The highest BCUT2D eigenvalue weighted by Gasteiger charge is 2.23. The number of nitrogens with one attached hydrogen (secondary N) is 1. The molecule has 102 valence electrons. The standard InChI is InChI=1S/C13H28N2O2/c1-5-10(2)11(14)12(17)15-9-13(3,4)7-6-8-16/h10-11,16H,5-9,14H2,1-4H3,(H,15,17)/t10-,11-/m0/s1. The number of amides is 1. The molecule has 17 heavy (non-hydrogen) atoms. The minimum absolute atomic E-state index is 0.00750. The van der Waals surface area contributed by atoms with E-state index >= 15 is 0 Å². The topological polar surface area (TPSA) is 75.4 Å². The van der Waals surface area contributed by atoms with Crippen LogP contribution >= 0.6 is 0 Å². The SMILES string of the molecule is CC[C@H](C)[C@H](N)C(=O)NCC(C)(C)CCCO. The fourth-order valence-electron chi connectivity index (χ4n) is 1.60. The third-order valence-corrected chi connectivity index (χ3v) is 3.31. The van der Waals surface area contributed by atoms with Crippen LogP contribution in [0.4, 0.5) is 0 Å². The maximum Gasteiger partial charge on any atom is 0.237 e. The largest absolute Gasteiger partial charge is 0.396 e. The number of hydrogen-bond donors (Lipinski definition) is 3. The van der Waals surface area contributed by atoms with Gasteiger partial charge in [-0.15, -0.1) is 0 Å². The van der Waals surface area contributed by atoms with Gasteiger partial charge in [0.05, 0.1) is 6.04 Å². The van der Waals surface area contributed by atoms with Gasteiger partial charge in [-0.1, -0.05) is 34.1 Å². The highest BCUT2D eigenvalue weighted by atomic mass is 16.2. The van der Waals surface area contributed by atoms with Gasteiger partial charge in [0.15, 0.2) is 0 Å². The van der Waals surface area contributed by atoms with Crippen LogP contribution in [0.5, 0.6) is 0 Å². The van der Waals surface area contributed by atoms with Crippen LogP contribution < -0.4 is 11.1 Å². The third-order valence-electron chi connectivity index (χ3n) is 3.31. The summed E-state index contributed by atoms with van der Waals surface area (Å²) < 4.78 is 0. The summed E-state index contributed by atoms with van der Waals surface area (Å²) in [4.78, 5) is 11.8. The average Bonchev–Trinajstić information content (AvgIpc) is 2.31. The Labute approximate surface area is 105 Å². The van der Waals surface area contributed by atoms with Crippen LogP contribution in [-0.4, -0.2) is 30.2 Å². The second-order valence-corrected chi connectivity index (χ2v) is 5.62. The fourth-order valence-corrected chi connectivity index (χ4v) is 1.60. The van der Waals surface area contributed by atoms with E-state index < -0.39 is 6.04 Å². The quantitative estimate of drug-likeness (QED) is 0.602. The molecule has 0 spiro atoms. The summed E-state index contributed by atoms with van der Waals surface area (Å²) in [6.45, 7) is 8.99. The summed E-state index contributed by atoms with van der Waals surface area (Å²) in [5.74, 6) is 0.131. The average molecular weight is 244 g/mol. The Morgan fingerprint density at radius 1 is 1.47 bits per heavy atom. The number of carbonyl (C=O) groups excluding carboxylic acids is 1. The lowest BCUT2D eigenvalue weighted by atomic mass is 9.87. The molecule has 0 heterocycles. The molecule has 4 nitrogen and oxygen atoms in total. The Kier molecular flexibility index (Phi) is 7.39. The summed E-state index contributed by atoms with van der Waals surface area (Å²) in [6.07, 6.45) is 2.56. The van der Waals surface area contributed by atoms with Crippen molar-refractivity contribution in [2.24, 2.45) is 17.1 Å². The van der Waals surface area contributed by atoms with Crippen molar-refractivity contribution >= 4 is 5.91 Å². The van der Waals surface area contributed by atoms with Crippen LogP contribution in [-0.2, 0) is 4.79 Å². The first-order valence-corrected chi connectivity index (χ1v) is 6.48. The molecular formula is C13H28N2O2. The summed E-state index contributed by atoms with van der Waals surface area (Å²) in [5, 5.41) is 11.7. The highest BCUT2D eigenvalue weighted by molar-refractivity contribution is 5.81. The van der Waals surface area contributed by atoms with Gasteiger partial charge in [0, 0.05) is 13.2 Å². The van der Waals surface area contributed by atoms with Gasteiger partial charge in [-0.25, -0.2) is 0 Å². The molecule has 0 saturated heterocycles.